The number of carbonyl (C=O) groups is 1. The van der Waals surface area contributed by atoms with Gasteiger partial charge in [-0.3, -0.25) is 0 Å². The molecule has 0 saturated carbocycles. The molecule has 0 saturated heterocycles. The highest BCUT2D eigenvalue weighted by Crippen LogP contribution is 2.34. The lowest BCUT2D eigenvalue weighted by Gasteiger charge is -2.07. The summed E-state index contributed by atoms with van der Waals surface area (Å²) in [6.45, 7) is 20.6. The van der Waals surface area contributed by atoms with E-state index in [1.165, 1.54) is 55.5 Å². The normalized spacial score (nSPS) is 10.5. The largest absolute Gasteiger partial charge is 0.472 e. The van der Waals surface area contributed by atoms with Crippen molar-refractivity contribution in [2.24, 2.45) is 0 Å². The van der Waals surface area contributed by atoms with E-state index in [4.69, 9.17) is 14.9 Å². The molecule has 0 atom stereocenters. The van der Waals surface area contributed by atoms with Gasteiger partial charge in [0.05, 0.1) is 0 Å². The van der Waals surface area contributed by atoms with Gasteiger partial charge in [-0.2, -0.15) is 0 Å². The molecule has 0 aliphatic carbocycles. The summed E-state index contributed by atoms with van der Waals surface area (Å²) in [4.78, 5) is 24.5. The summed E-state index contributed by atoms with van der Waals surface area (Å²) in [5.41, 5.74) is -2.09. The molecular weight excluding hydrogens is 432 g/mol. The smallest absolute Gasteiger partial charge is 0.433 e. The topological polar surface area (TPSA) is 94.8 Å². The van der Waals surface area contributed by atoms with E-state index >= 15 is 0 Å². The van der Waals surface area contributed by atoms with E-state index in [1.54, 1.807) is 0 Å². The monoisotopic (exact) mass is 480 g/mol. The molecule has 0 unspecified atom stereocenters. The van der Waals surface area contributed by atoms with Crippen LogP contribution in [0.4, 0.5) is 4.79 Å². The second-order valence-corrected chi connectivity index (χ2v) is 16.9. The van der Waals surface area contributed by atoms with Gasteiger partial charge in [0.15, 0.2) is 0 Å². The summed E-state index contributed by atoms with van der Waals surface area (Å²) in [5.74, 6) is 0. The van der Waals surface area contributed by atoms with Crippen molar-refractivity contribution >= 4 is 37.1 Å². The van der Waals surface area contributed by atoms with Gasteiger partial charge in [0.1, 0.15) is 0 Å². The Morgan fingerprint density at radius 2 is 0.679 bits per heavy atom. The SMILES string of the molecule is CCP(CC)CC.CCP(CC)CC.CCP(CC)CC.O=C(O)P(=O)(O)O. The van der Waals surface area contributed by atoms with Crippen LogP contribution in [0, 0.1) is 0 Å². The second-order valence-electron chi connectivity index (χ2n) is 5.69. The zero-order valence-electron chi connectivity index (χ0n) is 19.8. The molecule has 0 aliphatic rings. The van der Waals surface area contributed by atoms with Gasteiger partial charge >= 0.3 is 13.3 Å². The maximum atomic E-state index is 9.43. The van der Waals surface area contributed by atoms with Crippen LogP contribution in [0.15, 0.2) is 0 Å². The fourth-order valence-corrected chi connectivity index (χ4v) is 6.04. The average molecular weight is 480 g/mol. The van der Waals surface area contributed by atoms with Gasteiger partial charge in [-0.15, -0.1) is 23.8 Å². The first-order valence-electron chi connectivity index (χ1n) is 10.4. The summed E-state index contributed by atoms with van der Waals surface area (Å²) in [6.07, 6.45) is 12.8. The van der Waals surface area contributed by atoms with E-state index in [1.807, 2.05) is 0 Å². The number of hydrogen-bond donors (Lipinski definition) is 3. The van der Waals surface area contributed by atoms with Gasteiger partial charge in [-0.1, -0.05) is 62.3 Å². The highest BCUT2D eigenvalue weighted by atomic mass is 31.2. The molecule has 0 spiro atoms. The molecule has 174 valence electrons. The Morgan fingerprint density at radius 1 is 0.571 bits per heavy atom. The first kappa shape index (κ1) is 36.3. The summed E-state index contributed by atoms with van der Waals surface area (Å²) < 4.78 is 9.43. The fraction of sp³-hybridized carbons (Fsp3) is 0.947. The number of rotatable bonds is 10. The second kappa shape index (κ2) is 25.9. The lowest BCUT2D eigenvalue weighted by atomic mass is 10.9. The highest BCUT2D eigenvalue weighted by molar-refractivity contribution is 7.69. The molecular formula is C19H48O5P4. The summed E-state index contributed by atoms with van der Waals surface area (Å²) in [7, 11) is -3.48. The Morgan fingerprint density at radius 3 is 0.679 bits per heavy atom. The molecule has 28 heavy (non-hydrogen) atoms. The minimum atomic E-state index is -4.82. The third-order valence-corrected chi connectivity index (χ3v) is 12.8. The van der Waals surface area contributed by atoms with Crippen LogP contribution in [0.2, 0.25) is 0 Å². The van der Waals surface area contributed by atoms with Gasteiger partial charge in [-0.25, -0.2) is 9.36 Å². The summed E-state index contributed by atoms with van der Waals surface area (Å²) >= 11 is 0. The predicted molar refractivity (Wildman–Crippen MR) is 136 cm³/mol. The molecule has 0 aromatic carbocycles. The van der Waals surface area contributed by atoms with Crippen molar-refractivity contribution in [1.82, 2.24) is 0 Å². The standard InChI is InChI=1S/3C6H15P.CH3O5P/c3*1-4-7(5-2)6-3;2-1(3)7(4,5)6/h3*4-6H2,1-3H3;(H,2,3)(H2,4,5,6). The van der Waals surface area contributed by atoms with Crippen LogP contribution in [0.1, 0.15) is 62.3 Å². The Hall–Kier alpha value is 0.910. The van der Waals surface area contributed by atoms with E-state index in [9.17, 15) is 9.36 Å². The minimum absolute atomic E-state index is 0.446. The van der Waals surface area contributed by atoms with E-state index in [2.05, 4.69) is 62.3 Å². The molecule has 0 aromatic rings. The molecule has 0 amide bonds. The van der Waals surface area contributed by atoms with Crippen LogP contribution in [-0.4, -0.2) is 76.1 Å². The van der Waals surface area contributed by atoms with Crippen LogP contribution >= 0.6 is 31.4 Å². The zero-order valence-corrected chi connectivity index (χ0v) is 23.4. The van der Waals surface area contributed by atoms with Crippen molar-refractivity contribution in [2.75, 3.05) is 55.5 Å². The Bertz CT molecular complexity index is 307. The lowest BCUT2D eigenvalue weighted by molar-refractivity contribution is 0.208. The van der Waals surface area contributed by atoms with E-state index in [0.29, 0.717) is 23.8 Å². The van der Waals surface area contributed by atoms with Gasteiger partial charge < -0.3 is 14.9 Å². The number of carboxylic acid groups (broad SMARTS) is 1. The molecule has 0 heterocycles. The third-order valence-electron chi connectivity index (χ3n) is 4.27. The first-order valence-corrected chi connectivity index (χ1v) is 17.7. The molecule has 0 rings (SSSR count). The molecule has 0 fully saturated rings. The van der Waals surface area contributed by atoms with Crippen molar-refractivity contribution in [1.29, 1.82) is 0 Å². The quantitative estimate of drug-likeness (QED) is 0.283. The summed E-state index contributed by atoms with van der Waals surface area (Å²) in [5, 5.41) is 7.49. The molecule has 3 N–H and O–H groups in total. The van der Waals surface area contributed by atoms with E-state index in [0.717, 1.165) is 0 Å². The van der Waals surface area contributed by atoms with Crippen molar-refractivity contribution in [2.45, 2.75) is 62.3 Å². The molecule has 0 bridgehead atoms. The average Bonchev–Trinajstić information content (AvgIpc) is 2.67. The predicted octanol–water partition coefficient (Wildman–Crippen LogP) is 7.43. The summed E-state index contributed by atoms with van der Waals surface area (Å²) in [6, 6.07) is 0. The molecule has 9 heteroatoms. The van der Waals surface area contributed by atoms with Gasteiger partial charge in [-0.05, 0) is 55.5 Å². The van der Waals surface area contributed by atoms with Gasteiger partial charge in [0.25, 0.3) is 0 Å². The maximum absolute atomic E-state index is 9.43. The van der Waals surface area contributed by atoms with E-state index < -0.39 is 13.3 Å². The van der Waals surface area contributed by atoms with Crippen molar-refractivity contribution in [3.8, 4) is 0 Å². The van der Waals surface area contributed by atoms with Crippen molar-refractivity contribution in [3.63, 3.8) is 0 Å². The Kier molecular flexibility index (Phi) is 33.6. The first-order chi connectivity index (χ1) is 13.0. The maximum Gasteiger partial charge on any atom is 0.433 e. The van der Waals surface area contributed by atoms with Crippen LogP contribution < -0.4 is 0 Å². The Labute approximate surface area is 179 Å². The highest BCUT2D eigenvalue weighted by Gasteiger charge is 2.23. The molecule has 0 aromatic heterocycles. The van der Waals surface area contributed by atoms with Crippen molar-refractivity contribution in [3.05, 3.63) is 0 Å². The van der Waals surface area contributed by atoms with Gasteiger partial charge in [0, 0.05) is 0 Å². The fourth-order valence-electron chi connectivity index (χ4n) is 2.01. The molecule has 5 nitrogen and oxygen atoms in total. The lowest BCUT2D eigenvalue weighted by Crippen LogP contribution is -1.90. The van der Waals surface area contributed by atoms with Crippen LogP contribution in [0.3, 0.4) is 0 Å². The van der Waals surface area contributed by atoms with E-state index in [-0.39, 0.29) is 0 Å². The molecule has 0 aliphatic heterocycles. The van der Waals surface area contributed by atoms with Crippen LogP contribution in [-0.2, 0) is 4.57 Å². The number of hydrogen-bond acceptors (Lipinski definition) is 2. The minimum Gasteiger partial charge on any atom is -0.472 e. The van der Waals surface area contributed by atoms with Crippen LogP contribution in [0.25, 0.3) is 0 Å². The van der Waals surface area contributed by atoms with Crippen LogP contribution in [0.5, 0.6) is 0 Å². The molecule has 0 radical (unpaired) electrons. The Balaban J connectivity index is -0.000000137. The van der Waals surface area contributed by atoms with Crippen molar-refractivity contribution < 1.29 is 24.3 Å². The van der Waals surface area contributed by atoms with Gasteiger partial charge in [0.2, 0.25) is 0 Å². The zero-order chi connectivity index (χ0) is 23.2. The third kappa shape index (κ3) is 29.1.